The van der Waals surface area contributed by atoms with Crippen molar-refractivity contribution in [2.75, 3.05) is 25.1 Å². The highest BCUT2D eigenvalue weighted by atomic mass is 32.2. The molecule has 1 heterocycles. The molecule has 2 N–H and O–H groups in total. The Morgan fingerprint density at radius 1 is 1.27 bits per heavy atom. The first-order chi connectivity index (χ1) is 12.4. The van der Waals surface area contributed by atoms with Crippen LogP contribution in [0.4, 0.5) is 0 Å². The summed E-state index contributed by atoms with van der Waals surface area (Å²) in [4.78, 5) is 38.1. The van der Waals surface area contributed by atoms with Crippen molar-refractivity contribution in [3.05, 3.63) is 35.9 Å². The van der Waals surface area contributed by atoms with Crippen molar-refractivity contribution in [2.24, 2.45) is 11.8 Å². The third-order valence-corrected chi connectivity index (χ3v) is 5.34. The normalized spacial score (nSPS) is 20.6. The minimum Gasteiger partial charge on any atom is -0.481 e. The first-order valence-corrected chi connectivity index (χ1v) is 10.2. The van der Waals surface area contributed by atoms with Gasteiger partial charge in [0.2, 0.25) is 11.8 Å². The number of likely N-dealkylation sites (tertiary alicyclic amines) is 1. The number of carboxylic acids is 1. The number of nitrogens with one attached hydrogen (secondary N) is 1. The maximum Gasteiger partial charge on any atom is 0.308 e. The SMILES string of the molecule is CSCCC(NC(=O)Cc1ccccc1)C(=O)N1C[C@@H](C)[C@H](C(=O)O)C1. The average Bonchev–Trinajstić information content (AvgIpc) is 3.01. The van der Waals surface area contributed by atoms with Gasteiger partial charge in [-0.15, -0.1) is 0 Å². The van der Waals surface area contributed by atoms with Gasteiger partial charge in [-0.2, -0.15) is 11.8 Å². The molecule has 26 heavy (non-hydrogen) atoms. The standard InChI is InChI=1S/C19H26N2O4S/c1-13-11-21(12-15(13)19(24)25)18(23)16(8-9-26-2)20-17(22)10-14-6-4-3-5-7-14/h3-7,13,15-16H,8-12H2,1-2H3,(H,20,22)(H,24,25)/t13-,15-,16?/m1/s1. The molecule has 2 amide bonds. The fourth-order valence-corrected chi connectivity index (χ4v) is 3.68. The molecule has 1 aliphatic heterocycles. The monoisotopic (exact) mass is 378 g/mol. The Bertz CT molecular complexity index is 638. The minimum absolute atomic E-state index is 0.0855. The molecule has 0 aromatic heterocycles. The van der Waals surface area contributed by atoms with Gasteiger partial charge >= 0.3 is 5.97 Å². The first-order valence-electron chi connectivity index (χ1n) is 8.76. The van der Waals surface area contributed by atoms with E-state index < -0.39 is 17.9 Å². The summed E-state index contributed by atoms with van der Waals surface area (Å²) in [6.07, 6.45) is 2.70. The van der Waals surface area contributed by atoms with Crippen molar-refractivity contribution < 1.29 is 19.5 Å². The number of carboxylic acid groups (broad SMARTS) is 1. The number of hydrogen-bond acceptors (Lipinski definition) is 4. The molecular formula is C19H26N2O4S. The minimum atomic E-state index is -0.874. The molecule has 1 aliphatic rings. The summed E-state index contributed by atoms with van der Waals surface area (Å²) in [6, 6.07) is 8.77. The molecule has 7 heteroatoms. The van der Waals surface area contributed by atoms with Gasteiger partial charge in [0.05, 0.1) is 12.3 Å². The Balaban J connectivity index is 2.00. The number of rotatable bonds is 8. The number of nitrogens with zero attached hydrogens (tertiary/aromatic N) is 1. The van der Waals surface area contributed by atoms with Crippen LogP contribution in [0.25, 0.3) is 0 Å². The highest BCUT2D eigenvalue weighted by molar-refractivity contribution is 7.98. The van der Waals surface area contributed by atoms with Crippen molar-refractivity contribution in [1.29, 1.82) is 0 Å². The van der Waals surface area contributed by atoms with Gasteiger partial charge in [0, 0.05) is 13.1 Å². The zero-order chi connectivity index (χ0) is 19.1. The fourth-order valence-electron chi connectivity index (χ4n) is 3.21. The van der Waals surface area contributed by atoms with Crippen LogP contribution in [0.3, 0.4) is 0 Å². The van der Waals surface area contributed by atoms with E-state index in [4.69, 9.17) is 0 Å². The second kappa shape index (κ2) is 9.62. The number of thioether (sulfide) groups is 1. The highest BCUT2D eigenvalue weighted by Gasteiger charge is 2.39. The zero-order valence-corrected chi connectivity index (χ0v) is 16.0. The number of benzene rings is 1. The summed E-state index contributed by atoms with van der Waals surface area (Å²) in [5.74, 6) is -1.14. The largest absolute Gasteiger partial charge is 0.481 e. The molecule has 1 aromatic rings. The quantitative estimate of drug-likeness (QED) is 0.718. The van der Waals surface area contributed by atoms with Crippen LogP contribution < -0.4 is 5.32 Å². The lowest BCUT2D eigenvalue weighted by Gasteiger charge is -2.24. The van der Waals surface area contributed by atoms with Crippen LogP contribution in [-0.4, -0.2) is 58.9 Å². The number of amides is 2. The molecule has 0 radical (unpaired) electrons. The molecule has 0 saturated carbocycles. The van der Waals surface area contributed by atoms with Crippen molar-refractivity contribution in [2.45, 2.75) is 25.8 Å². The second-order valence-corrected chi connectivity index (χ2v) is 7.71. The van der Waals surface area contributed by atoms with Crippen LogP contribution in [0.5, 0.6) is 0 Å². The third-order valence-electron chi connectivity index (χ3n) is 4.69. The van der Waals surface area contributed by atoms with E-state index in [2.05, 4.69) is 5.32 Å². The van der Waals surface area contributed by atoms with Crippen LogP contribution in [0.1, 0.15) is 18.9 Å². The Morgan fingerprint density at radius 3 is 2.54 bits per heavy atom. The Hall–Kier alpha value is -2.02. The maximum absolute atomic E-state index is 12.9. The molecule has 0 bridgehead atoms. The molecular weight excluding hydrogens is 352 g/mol. The summed E-state index contributed by atoms with van der Waals surface area (Å²) in [5.41, 5.74) is 0.891. The van der Waals surface area contributed by atoms with Gasteiger partial charge in [-0.25, -0.2) is 0 Å². The first kappa shape index (κ1) is 20.3. The van der Waals surface area contributed by atoms with E-state index in [1.165, 1.54) is 0 Å². The molecule has 1 saturated heterocycles. The Kier molecular flexibility index (Phi) is 7.50. The van der Waals surface area contributed by atoms with Gasteiger partial charge in [-0.1, -0.05) is 37.3 Å². The average molecular weight is 378 g/mol. The second-order valence-electron chi connectivity index (χ2n) is 6.73. The fraction of sp³-hybridized carbons (Fsp3) is 0.526. The Morgan fingerprint density at radius 2 is 1.96 bits per heavy atom. The van der Waals surface area contributed by atoms with E-state index in [9.17, 15) is 19.5 Å². The summed E-state index contributed by atoms with van der Waals surface area (Å²) in [6.45, 7) is 2.47. The summed E-state index contributed by atoms with van der Waals surface area (Å²) < 4.78 is 0. The smallest absolute Gasteiger partial charge is 0.308 e. The van der Waals surface area contributed by atoms with Gasteiger partial charge in [-0.3, -0.25) is 14.4 Å². The predicted octanol–water partition coefficient (Wildman–Crippen LogP) is 1.65. The van der Waals surface area contributed by atoms with Gasteiger partial charge in [-0.05, 0) is 29.9 Å². The number of carbonyl (C=O) groups excluding carboxylic acids is 2. The van der Waals surface area contributed by atoms with Crippen molar-refractivity contribution in [3.8, 4) is 0 Å². The van der Waals surface area contributed by atoms with Crippen LogP contribution in [-0.2, 0) is 20.8 Å². The molecule has 1 aromatic carbocycles. The lowest BCUT2D eigenvalue weighted by molar-refractivity contribution is -0.142. The Labute approximate surface area is 158 Å². The number of aliphatic carboxylic acids is 1. The van der Waals surface area contributed by atoms with E-state index in [0.29, 0.717) is 13.0 Å². The molecule has 2 rings (SSSR count). The molecule has 1 unspecified atom stereocenters. The lowest BCUT2D eigenvalue weighted by atomic mass is 9.99. The lowest BCUT2D eigenvalue weighted by Crippen LogP contribution is -2.48. The zero-order valence-electron chi connectivity index (χ0n) is 15.2. The van der Waals surface area contributed by atoms with E-state index in [0.717, 1.165) is 11.3 Å². The van der Waals surface area contributed by atoms with E-state index in [1.807, 2.05) is 43.5 Å². The molecule has 142 valence electrons. The molecule has 6 nitrogen and oxygen atoms in total. The maximum atomic E-state index is 12.9. The summed E-state index contributed by atoms with van der Waals surface area (Å²) >= 11 is 1.61. The van der Waals surface area contributed by atoms with E-state index in [-0.39, 0.29) is 30.7 Å². The van der Waals surface area contributed by atoms with Gasteiger partial charge in [0.25, 0.3) is 0 Å². The molecule has 0 aliphatic carbocycles. The molecule has 0 spiro atoms. The van der Waals surface area contributed by atoms with Crippen LogP contribution in [0, 0.1) is 11.8 Å². The van der Waals surface area contributed by atoms with E-state index in [1.54, 1.807) is 16.7 Å². The number of hydrogen-bond donors (Lipinski definition) is 2. The number of carbonyl (C=O) groups is 3. The van der Waals surface area contributed by atoms with Crippen LogP contribution >= 0.6 is 11.8 Å². The highest BCUT2D eigenvalue weighted by Crippen LogP contribution is 2.24. The predicted molar refractivity (Wildman–Crippen MR) is 102 cm³/mol. The van der Waals surface area contributed by atoms with Crippen molar-refractivity contribution in [3.63, 3.8) is 0 Å². The van der Waals surface area contributed by atoms with E-state index >= 15 is 0 Å². The van der Waals surface area contributed by atoms with Gasteiger partial charge in [0.1, 0.15) is 6.04 Å². The molecule has 1 fully saturated rings. The van der Waals surface area contributed by atoms with Crippen LogP contribution in [0.2, 0.25) is 0 Å². The summed E-state index contributed by atoms with van der Waals surface area (Å²) in [7, 11) is 0. The summed E-state index contributed by atoms with van der Waals surface area (Å²) in [5, 5.41) is 12.1. The van der Waals surface area contributed by atoms with Crippen molar-refractivity contribution in [1.82, 2.24) is 10.2 Å². The van der Waals surface area contributed by atoms with Gasteiger partial charge in [0.15, 0.2) is 0 Å². The van der Waals surface area contributed by atoms with Crippen molar-refractivity contribution >= 4 is 29.5 Å². The topological polar surface area (TPSA) is 86.7 Å². The third kappa shape index (κ3) is 5.49. The van der Waals surface area contributed by atoms with Crippen LogP contribution in [0.15, 0.2) is 30.3 Å². The molecule has 3 atom stereocenters. The van der Waals surface area contributed by atoms with Gasteiger partial charge < -0.3 is 15.3 Å².